The van der Waals surface area contributed by atoms with Crippen LogP contribution in [0.5, 0.6) is 0 Å². The Hall–Kier alpha value is -1.44. The molecule has 2 N–H and O–H groups in total. The lowest BCUT2D eigenvalue weighted by atomic mass is 10.1. The molecule has 0 fully saturated rings. The van der Waals surface area contributed by atoms with E-state index < -0.39 is 0 Å². The predicted octanol–water partition coefficient (Wildman–Crippen LogP) is 2.97. The molecular formula is C12H17NO. The SMILES string of the molecule is CC/C=C(\OC)c1ccc(C)cc1N. The van der Waals surface area contributed by atoms with Gasteiger partial charge in [0.15, 0.2) is 0 Å². The molecule has 0 atom stereocenters. The largest absolute Gasteiger partial charge is 0.496 e. The van der Waals surface area contributed by atoms with Crippen LogP contribution in [0.2, 0.25) is 0 Å². The van der Waals surface area contributed by atoms with E-state index in [0.717, 1.165) is 23.4 Å². The van der Waals surface area contributed by atoms with Gasteiger partial charge in [0.1, 0.15) is 5.76 Å². The molecule has 0 unspecified atom stereocenters. The number of aryl methyl sites for hydroxylation is 1. The molecular weight excluding hydrogens is 174 g/mol. The summed E-state index contributed by atoms with van der Waals surface area (Å²) in [4.78, 5) is 0. The zero-order valence-corrected chi connectivity index (χ0v) is 9.00. The number of methoxy groups -OCH3 is 1. The Morgan fingerprint density at radius 2 is 2.21 bits per heavy atom. The number of nitrogen functional groups attached to an aromatic ring is 1. The van der Waals surface area contributed by atoms with Crippen molar-refractivity contribution in [3.63, 3.8) is 0 Å². The number of allylic oxidation sites excluding steroid dienone is 1. The van der Waals surface area contributed by atoms with Crippen molar-refractivity contribution in [2.45, 2.75) is 20.3 Å². The molecule has 0 aliphatic carbocycles. The Balaban J connectivity index is 3.11. The molecule has 0 heterocycles. The van der Waals surface area contributed by atoms with E-state index in [9.17, 15) is 0 Å². The van der Waals surface area contributed by atoms with Crippen molar-refractivity contribution in [1.82, 2.24) is 0 Å². The zero-order valence-electron chi connectivity index (χ0n) is 9.00. The number of ether oxygens (including phenoxy) is 1. The van der Waals surface area contributed by atoms with Gasteiger partial charge in [-0.05, 0) is 37.1 Å². The van der Waals surface area contributed by atoms with Gasteiger partial charge < -0.3 is 10.5 Å². The molecule has 0 saturated carbocycles. The summed E-state index contributed by atoms with van der Waals surface area (Å²) in [6, 6.07) is 5.99. The minimum Gasteiger partial charge on any atom is -0.496 e. The Kier molecular flexibility index (Phi) is 3.57. The lowest BCUT2D eigenvalue weighted by Crippen LogP contribution is -1.96. The van der Waals surface area contributed by atoms with Gasteiger partial charge in [-0.15, -0.1) is 0 Å². The number of hydrogen-bond acceptors (Lipinski definition) is 2. The van der Waals surface area contributed by atoms with Crippen LogP contribution >= 0.6 is 0 Å². The smallest absolute Gasteiger partial charge is 0.124 e. The highest BCUT2D eigenvalue weighted by Crippen LogP contribution is 2.23. The van der Waals surface area contributed by atoms with E-state index >= 15 is 0 Å². The molecule has 0 bridgehead atoms. The zero-order chi connectivity index (χ0) is 10.6. The molecule has 0 aliphatic heterocycles. The topological polar surface area (TPSA) is 35.2 Å². The Labute approximate surface area is 85.4 Å². The van der Waals surface area contributed by atoms with E-state index in [1.54, 1.807) is 7.11 Å². The maximum Gasteiger partial charge on any atom is 0.124 e. The fourth-order valence-electron chi connectivity index (χ4n) is 1.40. The molecule has 2 nitrogen and oxygen atoms in total. The van der Waals surface area contributed by atoms with Crippen molar-refractivity contribution < 1.29 is 4.74 Å². The summed E-state index contributed by atoms with van der Waals surface area (Å²) >= 11 is 0. The monoisotopic (exact) mass is 191 g/mol. The number of hydrogen-bond donors (Lipinski definition) is 1. The third kappa shape index (κ3) is 2.28. The van der Waals surface area contributed by atoms with E-state index in [4.69, 9.17) is 10.5 Å². The van der Waals surface area contributed by atoms with Crippen molar-refractivity contribution in [1.29, 1.82) is 0 Å². The maximum absolute atomic E-state index is 5.91. The minimum atomic E-state index is 0.770. The highest BCUT2D eigenvalue weighted by atomic mass is 16.5. The summed E-state index contributed by atoms with van der Waals surface area (Å²) in [7, 11) is 1.67. The molecule has 0 amide bonds. The number of benzene rings is 1. The van der Waals surface area contributed by atoms with Gasteiger partial charge in [0, 0.05) is 11.3 Å². The van der Waals surface area contributed by atoms with Crippen molar-refractivity contribution in [3.05, 3.63) is 35.4 Å². The summed E-state index contributed by atoms with van der Waals surface area (Å²) in [6.07, 6.45) is 2.97. The molecule has 0 aliphatic rings. The van der Waals surface area contributed by atoms with Gasteiger partial charge in [-0.3, -0.25) is 0 Å². The average molecular weight is 191 g/mol. The van der Waals surface area contributed by atoms with Gasteiger partial charge in [0.2, 0.25) is 0 Å². The first-order valence-corrected chi connectivity index (χ1v) is 4.79. The fraction of sp³-hybridized carbons (Fsp3) is 0.333. The second-order valence-corrected chi connectivity index (χ2v) is 3.27. The summed E-state index contributed by atoms with van der Waals surface area (Å²) in [5.74, 6) is 0.852. The second kappa shape index (κ2) is 4.70. The maximum atomic E-state index is 5.91. The van der Waals surface area contributed by atoms with Crippen molar-refractivity contribution in [3.8, 4) is 0 Å². The van der Waals surface area contributed by atoms with Gasteiger partial charge in [-0.2, -0.15) is 0 Å². The van der Waals surface area contributed by atoms with Crippen LogP contribution in [-0.2, 0) is 4.74 Å². The normalized spacial score (nSPS) is 11.5. The average Bonchev–Trinajstić information content (AvgIpc) is 2.15. The summed E-state index contributed by atoms with van der Waals surface area (Å²) in [6.45, 7) is 4.10. The van der Waals surface area contributed by atoms with Crippen LogP contribution in [0.25, 0.3) is 5.76 Å². The standard InChI is InChI=1S/C12H17NO/c1-4-5-12(14-3)10-7-6-9(2)8-11(10)13/h5-8H,4,13H2,1-3H3/b12-5-. The third-order valence-electron chi connectivity index (χ3n) is 2.08. The summed E-state index contributed by atoms with van der Waals surface area (Å²) in [5.41, 5.74) is 8.81. The van der Waals surface area contributed by atoms with Gasteiger partial charge in [0.05, 0.1) is 7.11 Å². The third-order valence-corrected chi connectivity index (χ3v) is 2.08. The molecule has 0 radical (unpaired) electrons. The number of anilines is 1. The molecule has 0 saturated heterocycles. The molecule has 1 aromatic carbocycles. The first-order valence-electron chi connectivity index (χ1n) is 4.79. The Morgan fingerprint density at radius 3 is 2.71 bits per heavy atom. The number of nitrogens with two attached hydrogens (primary N) is 1. The van der Waals surface area contributed by atoms with E-state index in [2.05, 4.69) is 6.92 Å². The lowest BCUT2D eigenvalue weighted by molar-refractivity contribution is 0.369. The van der Waals surface area contributed by atoms with Crippen molar-refractivity contribution in [2.75, 3.05) is 12.8 Å². The van der Waals surface area contributed by atoms with Crippen LogP contribution in [0, 0.1) is 6.92 Å². The van der Waals surface area contributed by atoms with Crippen LogP contribution in [0.3, 0.4) is 0 Å². The van der Waals surface area contributed by atoms with E-state index in [1.807, 2.05) is 31.2 Å². The van der Waals surface area contributed by atoms with E-state index in [-0.39, 0.29) is 0 Å². The molecule has 1 rings (SSSR count). The highest BCUT2D eigenvalue weighted by molar-refractivity contribution is 5.71. The van der Waals surface area contributed by atoms with Crippen LogP contribution in [-0.4, -0.2) is 7.11 Å². The molecule has 0 spiro atoms. The van der Waals surface area contributed by atoms with Crippen LogP contribution in [0.4, 0.5) is 5.69 Å². The summed E-state index contributed by atoms with van der Waals surface area (Å²) in [5, 5.41) is 0. The second-order valence-electron chi connectivity index (χ2n) is 3.27. The lowest BCUT2D eigenvalue weighted by Gasteiger charge is -2.09. The first-order chi connectivity index (χ1) is 6.69. The molecule has 0 aromatic heterocycles. The highest BCUT2D eigenvalue weighted by Gasteiger charge is 2.04. The Morgan fingerprint density at radius 1 is 1.50 bits per heavy atom. The molecule has 14 heavy (non-hydrogen) atoms. The van der Waals surface area contributed by atoms with Crippen LogP contribution < -0.4 is 5.73 Å². The van der Waals surface area contributed by atoms with Crippen molar-refractivity contribution in [2.24, 2.45) is 0 Å². The van der Waals surface area contributed by atoms with Crippen LogP contribution in [0.15, 0.2) is 24.3 Å². The van der Waals surface area contributed by atoms with E-state index in [1.165, 1.54) is 5.56 Å². The summed E-state index contributed by atoms with van der Waals surface area (Å²) < 4.78 is 5.28. The Bertz CT molecular complexity index is 342. The first kappa shape index (κ1) is 10.6. The molecule has 2 heteroatoms. The van der Waals surface area contributed by atoms with Gasteiger partial charge in [0.25, 0.3) is 0 Å². The molecule has 76 valence electrons. The predicted molar refractivity (Wildman–Crippen MR) is 60.9 cm³/mol. The van der Waals surface area contributed by atoms with Crippen LogP contribution in [0.1, 0.15) is 24.5 Å². The number of rotatable bonds is 3. The van der Waals surface area contributed by atoms with Gasteiger partial charge >= 0.3 is 0 Å². The fourth-order valence-corrected chi connectivity index (χ4v) is 1.40. The van der Waals surface area contributed by atoms with Gasteiger partial charge in [-0.25, -0.2) is 0 Å². The quantitative estimate of drug-likeness (QED) is 0.589. The van der Waals surface area contributed by atoms with Gasteiger partial charge in [-0.1, -0.05) is 13.0 Å². The minimum absolute atomic E-state index is 0.770. The molecule has 1 aromatic rings. The van der Waals surface area contributed by atoms with E-state index in [0.29, 0.717) is 0 Å². The van der Waals surface area contributed by atoms with Crippen molar-refractivity contribution >= 4 is 11.4 Å².